The lowest BCUT2D eigenvalue weighted by Gasteiger charge is -2.48. The third-order valence-electron chi connectivity index (χ3n) is 7.94. The number of carbonyl (C=O) groups excluding carboxylic acids is 1. The first-order valence-electron chi connectivity index (χ1n) is 14.2. The standard InChI is InChI=1S/C31H37N7O6/c1-30(2,3)23-15-31(42,12-13-37(23)29(40)41)17-38-27-24(26(32)33-18-34-27)25(36-38)20-10-11-21(22(14-20)43-4)35-28(39)44-16-19-8-6-5-7-9-19/h5-11,14,18,23,42H,12-13,15-17H2,1-4H3,(H,35,39)(H,40,41)(H2,32,33,34). The van der Waals surface area contributed by atoms with Crippen molar-refractivity contribution < 1.29 is 29.3 Å². The Labute approximate surface area is 254 Å². The summed E-state index contributed by atoms with van der Waals surface area (Å²) in [6.07, 6.45) is 0.161. The summed E-state index contributed by atoms with van der Waals surface area (Å²) in [6, 6.07) is 14.1. The van der Waals surface area contributed by atoms with Crippen LogP contribution in [-0.4, -0.2) is 72.3 Å². The van der Waals surface area contributed by atoms with Gasteiger partial charge in [0.05, 0.1) is 30.3 Å². The van der Waals surface area contributed by atoms with Crippen molar-refractivity contribution in [2.45, 2.75) is 58.4 Å². The lowest BCUT2D eigenvalue weighted by Crippen LogP contribution is -2.58. The number of nitrogens with one attached hydrogen (secondary N) is 1. The highest BCUT2D eigenvalue weighted by Gasteiger charge is 2.45. The number of nitrogens with two attached hydrogens (primary N) is 1. The number of benzene rings is 2. The fourth-order valence-corrected chi connectivity index (χ4v) is 5.64. The highest BCUT2D eigenvalue weighted by molar-refractivity contribution is 5.99. The number of fused-ring (bicyclic) bond motifs is 1. The van der Waals surface area contributed by atoms with Gasteiger partial charge in [-0.25, -0.2) is 24.2 Å². The number of carboxylic acid groups (broad SMARTS) is 1. The molecule has 1 aliphatic heterocycles. The van der Waals surface area contributed by atoms with E-state index in [2.05, 4.69) is 15.3 Å². The van der Waals surface area contributed by atoms with Gasteiger partial charge in [0.1, 0.15) is 30.2 Å². The molecule has 2 atom stereocenters. The number of piperidine rings is 1. The molecule has 0 spiro atoms. The van der Waals surface area contributed by atoms with Crippen molar-refractivity contribution in [1.82, 2.24) is 24.6 Å². The first-order chi connectivity index (χ1) is 20.9. The molecule has 0 bridgehead atoms. The molecule has 2 aromatic heterocycles. The van der Waals surface area contributed by atoms with Crippen LogP contribution in [0.3, 0.4) is 0 Å². The summed E-state index contributed by atoms with van der Waals surface area (Å²) in [7, 11) is 1.48. The Kier molecular flexibility index (Phi) is 8.33. The summed E-state index contributed by atoms with van der Waals surface area (Å²) in [5, 5.41) is 29.5. The lowest BCUT2D eigenvalue weighted by molar-refractivity contribution is -0.0743. The molecule has 13 heteroatoms. The van der Waals surface area contributed by atoms with Crippen molar-refractivity contribution in [2.24, 2.45) is 5.41 Å². The number of methoxy groups -OCH3 is 1. The van der Waals surface area contributed by atoms with Crippen molar-refractivity contribution in [1.29, 1.82) is 0 Å². The number of likely N-dealkylation sites (tertiary alicyclic amines) is 1. The predicted octanol–water partition coefficient (Wildman–Crippen LogP) is 4.75. The predicted molar refractivity (Wildman–Crippen MR) is 164 cm³/mol. The van der Waals surface area contributed by atoms with Gasteiger partial charge in [0.15, 0.2) is 5.65 Å². The summed E-state index contributed by atoms with van der Waals surface area (Å²) >= 11 is 0. The van der Waals surface area contributed by atoms with E-state index in [9.17, 15) is 19.8 Å². The number of rotatable bonds is 7. The Morgan fingerprint density at radius 3 is 2.59 bits per heavy atom. The van der Waals surface area contributed by atoms with Gasteiger partial charge in [-0.1, -0.05) is 57.2 Å². The van der Waals surface area contributed by atoms with Crippen LogP contribution in [0.4, 0.5) is 21.1 Å². The number of carbonyl (C=O) groups is 2. The summed E-state index contributed by atoms with van der Waals surface area (Å²) in [4.78, 5) is 34.4. The van der Waals surface area contributed by atoms with E-state index in [1.54, 1.807) is 22.9 Å². The third kappa shape index (κ3) is 6.37. The zero-order chi connectivity index (χ0) is 31.6. The van der Waals surface area contributed by atoms with E-state index in [1.165, 1.54) is 18.3 Å². The number of ether oxygens (including phenoxy) is 2. The summed E-state index contributed by atoms with van der Waals surface area (Å²) < 4.78 is 12.5. The van der Waals surface area contributed by atoms with Crippen LogP contribution in [0.5, 0.6) is 5.75 Å². The molecule has 1 saturated heterocycles. The summed E-state index contributed by atoms with van der Waals surface area (Å²) in [6.45, 7) is 6.27. The van der Waals surface area contributed by atoms with Gasteiger partial charge in [-0.15, -0.1) is 0 Å². The zero-order valence-electron chi connectivity index (χ0n) is 25.1. The fraction of sp³-hybridized carbons (Fsp3) is 0.387. The van der Waals surface area contributed by atoms with Gasteiger partial charge in [-0.3, -0.25) is 5.32 Å². The van der Waals surface area contributed by atoms with Crippen molar-refractivity contribution in [3.05, 3.63) is 60.4 Å². The molecular formula is C31H37N7O6. The molecule has 0 saturated carbocycles. The Bertz CT molecular complexity index is 1670. The molecule has 13 nitrogen and oxygen atoms in total. The van der Waals surface area contributed by atoms with Crippen molar-refractivity contribution in [3.8, 4) is 17.0 Å². The number of aromatic nitrogens is 4. The molecular weight excluding hydrogens is 566 g/mol. The van der Waals surface area contributed by atoms with E-state index in [0.717, 1.165) is 5.56 Å². The number of amides is 2. The van der Waals surface area contributed by atoms with Crippen LogP contribution in [0.15, 0.2) is 54.9 Å². The van der Waals surface area contributed by atoms with Crippen molar-refractivity contribution in [2.75, 3.05) is 24.7 Å². The quantitative estimate of drug-likeness (QED) is 0.230. The Balaban J connectivity index is 1.42. The molecule has 0 radical (unpaired) electrons. The Hall–Kier alpha value is -4.91. The zero-order valence-corrected chi connectivity index (χ0v) is 25.1. The maximum Gasteiger partial charge on any atom is 0.412 e. The number of nitrogens with zero attached hydrogens (tertiary/aromatic N) is 5. The fourth-order valence-electron chi connectivity index (χ4n) is 5.64. The van der Waals surface area contributed by atoms with Gasteiger partial charge in [-0.2, -0.15) is 5.10 Å². The minimum absolute atomic E-state index is 0.0734. The molecule has 232 valence electrons. The van der Waals surface area contributed by atoms with Gasteiger partial charge in [-0.05, 0) is 36.0 Å². The second-order valence-corrected chi connectivity index (χ2v) is 12.1. The minimum atomic E-state index is -1.24. The van der Waals surface area contributed by atoms with E-state index in [4.69, 9.17) is 20.3 Å². The number of hydrogen-bond acceptors (Lipinski definition) is 9. The first-order valence-corrected chi connectivity index (χ1v) is 14.2. The molecule has 44 heavy (non-hydrogen) atoms. The maximum absolute atomic E-state index is 12.5. The van der Waals surface area contributed by atoms with Crippen LogP contribution in [0.25, 0.3) is 22.3 Å². The number of hydrogen-bond donors (Lipinski definition) is 4. The van der Waals surface area contributed by atoms with E-state index in [1.807, 2.05) is 51.1 Å². The van der Waals surface area contributed by atoms with Crippen LogP contribution in [0.2, 0.25) is 0 Å². The van der Waals surface area contributed by atoms with Crippen LogP contribution in [-0.2, 0) is 17.9 Å². The highest BCUT2D eigenvalue weighted by Crippen LogP contribution is 2.39. The maximum atomic E-state index is 12.5. The third-order valence-corrected chi connectivity index (χ3v) is 7.94. The second-order valence-electron chi connectivity index (χ2n) is 12.1. The van der Waals surface area contributed by atoms with Gasteiger partial charge in [0, 0.05) is 18.2 Å². The van der Waals surface area contributed by atoms with Crippen molar-refractivity contribution >= 4 is 34.7 Å². The molecule has 2 amide bonds. The number of nitrogen functional groups attached to an aromatic ring is 1. The van der Waals surface area contributed by atoms with E-state index in [-0.39, 0.29) is 38.4 Å². The first kappa shape index (κ1) is 30.5. The van der Waals surface area contributed by atoms with Gasteiger partial charge < -0.3 is 30.3 Å². The molecule has 2 aromatic carbocycles. The molecule has 1 fully saturated rings. The number of aliphatic hydroxyl groups is 1. The molecule has 5 rings (SSSR count). The lowest BCUT2D eigenvalue weighted by atomic mass is 9.75. The topological polar surface area (TPSA) is 178 Å². The largest absolute Gasteiger partial charge is 0.495 e. The van der Waals surface area contributed by atoms with Gasteiger partial charge >= 0.3 is 12.2 Å². The van der Waals surface area contributed by atoms with Crippen LogP contribution < -0.4 is 15.8 Å². The van der Waals surface area contributed by atoms with Gasteiger partial charge in [0.2, 0.25) is 0 Å². The minimum Gasteiger partial charge on any atom is -0.495 e. The average Bonchev–Trinajstić information content (AvgIpc) is 3.35. The molecule has 0 aliphatic carbocycles. The summed E-state index contributed by atoms with van der Waals surface area (Å²) in [5.41, 5.74) is 7.45. The van der Waals surface area contributed by atoms with Gasteiger partial charge in [0.25, 0.3) is 0 Å². The highest BCUT2D eigenvalue weighted by atomic mass is 16.5. The van der Waals surface area contributed by atoms with Crippen LogP contribution >= 0.6 is 0 Å². The molecule has 1 aliphatic rings. The molecule has 3 heterocycles. The van der Waals surface area contributed by atoms with E-state index >= 15 is 0 Å². The normalized spacial score (nSPS) is 18.7. The second kappa shape index (κ2) is 12.0. The monoisotopic (exact) mass is 603 g/mol. The Morgan fingerprint density at radius 1 is 1.16 bits per heavy atom. The average molecular weight is 604 g/mol. The molecule has 2 unspecified atom stereocenters. The molecule has 4 aromatic rings. The van der Waals surface area contributed by atoms with Crippen LogP contribution in [0, 0.1) is 5.41 Å². The smallest absolute Gasteiger partial charge is 0.412 e. The van der Waals surface area contributed by atoms with E-state index in [0.29, 0.717) is 33.7 Å². The number of anilines is 2. The van der Waals surface area contributed by atoms with E-state index < -0.39 is 29.2 Å². The van der Waals surface area contributed by atoms with Crippen LogP contribution in [0.1, 0.15) is 39.2 Å². The molecule has 5 N–H and O–H groups in total. The Morgan fingerprint density at radius 2 is 1.91 bits per heavy atom. The SMILES string of the molecule is COc1cc(-c2nn(CC3(O)CCN(C(=O)O)C(C(C)(C)C)C3)c3ncnc(N)c23)ccc1NC(=O)OCc1ccccc1. The van der Waals surface area contributed by atoms with Crippen molar-refractivity contribution in [3.63, 3.8) is 0 Å². The summed E-state index contributed by atoms with van der Waals surface area (Å²) in [5.74, 6) is 0.576.